The minimum absolute atomic E-state index is 0.0338. The number of anilines is 1. The molecule has 2 aromatic carbocycles. The Morgan fingerprint density at radius 3 is 2.60 bits per heavy atom. The Labute approximate surface area is 178 Å². The molecule has 0 saturated carbocycles. The van der Waals surface area contributed by atoms with Gasteiger partial charge in [-0.3, -0.25) is 4.79 Å². The standard InChI is InChI=1S/C18H20N6O4S2/c1-23(2)30(26,27)16-11-13(9-10-15(16)28-3)19-17(25)12-29-18-20-21-22-24(18)14-7-5-4-6-8-14/h4-11H,12H2,1-3H3,(H,19,25). The van der Waals surface area contributed by atoms with Gasteiger partial charge in [-0.2, -0.15) is 4.68 Å². The van der Waals surface area contributed by atoms with Gasteiger partial charge in [-0.15, -0.1) is 5.10 Å². The van der Waals surface area contributed by atoms with E-state index < -0.39 is 10.0 Å². The third-order valence-corrected chi connectivity index (χ3v) is 6.74. The molecule has 30 heavy (non-hydrogen) atoms. The number of para-hydroxylation sites is 1. The lowest BCUT2D eigenvalue weighted by Crippen LogP contribution is -2.23. The van der Waals surface area contributed by atoms with E-state index in [1.807, 2.05) is 30.3 Å². The van der Waals surface area contributed by atoms with Gasteiger partial charge in [-0.25, -0.2) is 12.7 Å². The van der Waals surface area contributed by atoms with E-state index in [0.29, 0.717) is 10.8 Å². The molecule has 0 aliphatic rings. The van der Waals surface area contributed by atoms with Gasteiger partial charge in [0.25, 0.3) is 0 Å². The van der Waals surface area contributed by atoms with Gasteiger partial charge in [0, 0.05) is 19.8 Å². The van der Waals surface area contributed by atoms with Crippen LogP contribution in [0.4, 0.5) is 5.69 Å². The number of sulfonamides is 1. The van der Waals surface area contributed by atoms with E-state index in [4.69, 9.17) is 4.74 Å². The number of amides is 1. The van der Waals surface area contributed by atoms with E-state index in [0.717, 1.165) is 21.8 Å². The van der Waals surface area contributed by atoms with Crippen LogP contribution in [-0.4, -0.2) is 65.8 Å². The molecular weight excluding hydrogens is 428 g/mol. The number of nitrogens with one attached hydrogen (secondary N) is 1. The number of tetrazole rings is 1. The van der Waals surface area contributed by atoms with Crippen molar-refractivity contribution >= 4 is 33.4 Å². The molecule has 10 nitrogen and oxygen atoms in total. The molecule has 3 rings (SSSR count). The molecule has 3 aromatic rings. The second-order valence-electron chi connectivity index (χ2n) is 6.20. The lowest BCUT2D eigenvalue weighted by molar-refractivity contribution is -0.113. The van der Waals surface area contributed by atoms with Gasteiger partial charge >= 0.3 is 0 Å². The molecule has 1 aromatic heterocycles. The number of carbonyl (C=O) groups excluding carboxylic acids is 1. The second kappa shape index (κ2) is 9.24. The lowest BCUT2D eigenvalue weighted by atomic mass is 10.3. The first kappa shape index (κ1) is 21.7. The summed E-state index contributed by atoms with van der Waals surface area (Å²) in [5.74, 6) is -0.103. The molecule has 0 fully saturated rings. The first-order valence-corrected chi connectivity index (χ1v) is 11.1. The molecule has 158 valence electrons. The maximum absolute atomic E-state index is 12.5. The van der Waals surface area contributed by atoms with Crippen LogP contribution in [-0.2, 0) is 14.8 Å². The molecule has 0 unspecified atom stereocenters. The number of thioether (sulfide) groups is 1. The Hall–Kier alpha value is -2.96. The van der Waals surface area contributed by atoms with Crippen molar-refractivity contribution in [3.8, 4) is 11.4 Å². The highest BCUT2D eigenvalue weighted by Gasteiger charge is 2.23. The quantitative estimate of drug-likeness (QED) is 0.517. The molecule has 0 radical (unpaired) electrons. The van der Waals surface area contributed by atoms with E-state index >= 15 is 0 Å². The van der Waals surface area contributed by atoms with Crippen molar-refractivity contribution in [2.45, 2.75) is 10.1 Å². The van der Waals surface area contributed by atoms with Gasteiger partial charge in [0.2, 0.25) is 21.1 Å². The van der Waals surface area contributed by atoms with Gasteiger partial charge in [0.15, 0.2) is 0 Å². The SMILES string of the molecule is COc1ccc(NC(=O)CSc2nnnn2-c2ccccc2)cc1S(=O)(=O)N(C)C. The molecule has 12 heteroatoms. The molecule has 1 heterocycles. The van der Waals surface area contributed by atoms with Crippen molar-refractivity contribution in [3.63, 3.8) is 0 Å². The van der Waals surface area contributed by atoms with E-state index in [1.165, 1.54) is 38.0 Å². The third-order valence-electron chi connectivity index (χ3n) is 3.98. The molecule has 0 saturated heterocycles. The van der Waals surface area contributed by atoms with Crippen LogP contribution in [0.25, 0.3) is 5.69 Å². The number of aromatic nitrogens is 4. The van der Waals surface area contributed by atoms with Crippen LogP contribution in [0.15, 0.2) is 58.6 Å². The topological polar surface area (TPSA) is 119 Å². The molecule has 0 aliphatic carbocycles. The number of hydrogen-bond donors (Lipinski definition) is 1. The van der Waals surface area contributed by atoms with Crippen LogP contribution >= 0.6 is 11.8 Å². The van der Waals surface area contributed by atoms with Crippen LogP contribution in [0, 0.1) is 0 Å². The maximum atomic E-state index is 12.5. The summed E-state index contributed by atoms with van der Waals surface area (Å²) in [7, 11) is 0.493. The number of ether oxygens (including phenoxy) is 1. The van der Waals surface area contributed by atoms with Crippen molar-refractivity contribution in [2.24, 2.45) is 0 Å². The zero-order chi connectivity index (χ0) is 21.7. The fourth-order valence-corrected chi connectivity index (χ4v) is 4.25. The Morgan fingerprint density at radius 2 is 1.93 bits per heavy atom. The maximum Gasteiger partial charge on any atom is 0.246 e. The number of rotatable bonds is 8. The average Bonchev–Trinajstić information content (AvgIpc) is 3.21. The monoisotopic (exact) mass is 448 g/mol. The molecule has 1 N–H and O–H groups in total. The van der Waals surface area contributed by atoms with E-state index in [9.17, 15) is 13.2 Å². The summed E-state index contributed by atoms with van der Waals surface area (Å²) in [4.78, 5) is 12.4. The molecular formula is C18H20N6O4S2. The predicted molar refractivity (Wildman–Crippen MR) is 112 cm³/mol. The van der Waals surface area contributed by atoms with Gasteiger partial charge < -0.3 is 10.1 Å². The predicted octanol–water partition coefficient (Wildman–Crippen LogP) is 1.65. The van der Waals surface area contributed by atoms with Crippen LogP contribution in [0.5, 0.6) is 5.75 Å². The first-order valence-electron chi connectivity index (χ1n) is 8.70. The van der Waals surface area contributed by atoms with Crippen LogP contribution in [0.2, 0.25) is 0 Å². The largest absolute Gasteiger partial charge is 0.495 e. The summed E-state index contributed by atoms with van der Waals surface area (Å²) in [6.45, 7) is 0. The van der Waals surface area contributed by atoms with E-state index in [1.54, 1.807) is 6.07 Å². The molecule has 0 spiro atoms. The van der Waals surface area contributed by atoms with Gasteiger partial charge in [0.05, 0.1) is 18.6 Å². The molecule has 0 atom stereocenters. The molecule has 0 aliphatic heterocycles. The summed E-state index contributed by atoms with van der Waals surface area (Å²) in [5.41, 5.74) is 1.11. The highest BCUT2D eigenvalue weighted by molar-refractivity contribution is 7.99. The highest BCUT2D eigenvalue weighted by Crippen LogP contribution is 2.29. The smallest absolute Gasteiger partial charge is 0.246 e. The molecule has 1 amide bonds. The number of hydrogen-bond acceptors (Lipinski definition) is 8. The number of benzene rings is 2. The zero-order valence-corrected chi connectivity index (χ0v) is 18.1. The van der Waals surface area contributed by atoms with Gasteiger partial charge in [-0.1, -0.05) is 30.0 Å². The normalized spacial score (nSPS) is 11.5. The summed E-state index contributed by atoms with van der Waals surface area (Å²) in [6.07, 6.45) is 0. The fraction of sp³-hybridized carbons (Fsp3) is 0.222. The van der Waals surface area contributed by atoms with Crippen molar-refractivity contribution in [1.82, 2.24) is 24.5 Å². The van der Waals surface area contributed by atoms with Crippen molar-refractivity contribution in [1.29, 1.82) is 0 Å². The number of methoxy groups -OCH3 is 1. The minimum Gasteiger partial charge on any atom is -0.495 e. The van der Waals surface area contributed by atoms with Crippen molar-refractivity contribution in [3.05, 3.63) is 48.5 Å². The summed E-state index contributed by atoms with van der Waals surface area (Å²) >= 11 is 1.16. The first-order chi connectivity index (χ1) is 14.3. The van der Waals surface area contributed by atoms with Crippen LogP contribution in [0.1, 0.15) is 0 Å². The van der Waals surface area contributed by atoms with Crippen molar-refractivity contribution < 1.29 is 17.9 Å². The summed E-state index contributed by atoms with van der Waals surface area (Å²) < 4.78 is 32.8. The summed E-state index contributed by atoms with van der Waals surface area (Å²) in [6, 6.07) is 13.7. The fourth-order valence-electron chi connectivity index (χ4n) is 2.48. The second-order valence-corrected chi connectivity index (χ2v) is 9.26. The average molecular weight is 449 g/mol. The lowest BCUT2D eigenvalue weighted by Gasteiger charge is -2.16. The van der Waals surface area contributed by atoms with E-state index in [-0.39, 0.29) is 22.3 Å². The number of nitrogens with zero attached hydrogens (tertiary/aromatic N) is 5. The minimum atomic E-state index is -3.74. The van der Waals surface area contributed by atoms with Crippen LogP contribution < -0.4 is 10.1 Å². The Bertz CT molecular complexity index is 1130. The van der Waals surface area contributed by atoms with Crippen molar-refractivity contribution in [2.75, 3.05) is 32.3 Å². The molecule has 0 bridgehead atoms. The number of carbonyl (C=O) groups is 1. The Morgan fingerprint density at radius 1 is 1.20 bits per heavy atom. The zero-order valence-electron chi connectivity index (χ0n) is 16.5. The highest BCUT2D eigenvalue weighted by atomic mass is 32.2. The van der Waals surface area contributed by atoms with E-state index in [2.05, 4.69) is 20.8 Å². The Balaban J connectivity index is 1.72. The Kier molecular flexibility index (Phi) is 6.70. The van der Waals surface area contributed by atoms with Gasteiger partial charge in [-0.05, 0) is 40.8 Å². The van der Waals surface area contributed by atoms with Gasteiger partial charge in [0.1, 0.15) is 10.6 Å². The summed E-state index contributed by atoms with van der Waals surface area (Å²) in [5, 5.41) is 14.7. The third kappa shape index (κ3) is 4.78. The van der Waals surface area contributed by atoms with Crippen LogP contribution in [0.3, 0.4) is 0 Å².